The summed E-state index contributed by atoms with van der Waals surface area (Å²) < 4.78 is 17.8. The van der Waals surface area contributed by atoms with Crippen LogP contribution >= 0.6 is 11.3 Å². The lowest BCUT2D eigenvalue weighted by molar-refractivity contribution is -0.140. The molecule has 0 saturated heterocycles. The SMILES string of the molecule is COC(=O)C1=C(C(=O)OC)N(C(=O)c2ccccc2)C(c2nccc3ccccc23)Oc2sc3ccccc3c21. The van der Waals surface area contributed by atoms with E-state index >= 15 is 0 Å². The second-order valence-electron chi connectivity index (χ2n) is 8.90. The van der Waals surface area contributed by atoms with Gasteiger partial charge in [0.15, 0.2) is 5.06 Å². The summed E-state index contributed by atoms with van der Waals surface area (Å²) in [6.45, 7) is 0. The molecule has 1 aliphatic rings. The molecule has 9 heteroatoms. The van der Waals surface area contributed by atoms with Crippen molar-refractivity contribution in [2.45, 2.75) is 6.23 Å². The van der Waals surface area contributed by atoms with Gasteiger partial charge in [0.05, 0.1) is 19.8 Å². The number of ether oxygens (including phenoxy) is 3. The zero-order chi connectivity index (χ0) is 27.8. The Bertz CT molecular complexity index is 1820. The highest BCUT2D eigenvalue weighted by atomic mass is 32.1. The van der Waals surface area contributed by atoms with Crippen LogP contribution in [0.2, 0.25) is 0 Å². The van der Waals surface area contributed by atoms with E-state index in [9.17, 15) is 14.4 Å². The molecule has 1 aliphatic heterocycles. The van der Waals surface area contributed by atoms with Gasteiger partial charge in [-0.1, -0.05) is 72.0 Å². The Labute approximate surface area is 233 Å². The van der Waals surface area contributed by atoms with Crippen molar-refractivity contribution in [3.05, 3.63) is 114 Å². The third kappa shape index (κ3) is 4.07. The highest BCUT2D eigenvalue weighted by molar-refractivity contribution is 7.21. The van der Waals surface area contributed by atoms with E-state index in [2.05, 4.69) is 4.98 Å². The number of aromatic nitrogens is 1. The molecule has 5 aromatic rings. The topological polar surface area (TPSA) is 95.0 Å². The minimum Gasteiger partial charge on any atom is -0.465 e. The second kappa shape index (κ2) is 10.3. The number of methoxy groups -OCH3 is 2. The summed E-state index contributed by atoms with van der Waals surface area (Å²) >= 11 is 1.30. The first-order valence-electron chi connectivity index (χ1n) is 12.3. The molecule has 0 saturated carbocycles. The van der Waals surface area contributed by atoms with Gasteiger partial charge in [-0.2, -0.15) is 0 Å². The van der Waals surface area contributed by atoms with Gasteiger partial charge in [-0.15, -0.1) is 0 Å². The van der Waals surface area contributed by atoms with Crippen molar-refractivity contribution in [1.82, 2.24) is 9.88 Å². The van der Waals surface area contributed by atoms with Crippen molar-refractivity contribution in [2.24, 2.45) is 0 Å². The first-order chi connectivity index (χ1) is 19.5. The molecule has 0 N–H and O–H groups in total. The Morgan fingerprint density at radius 2 is 1.50 bits per heavy atom. The number of amides is 1. The molecule has 0 radical (unpaired) electrons. The molecule has 3 aromatic carbocycles. The first kappa shape index (κ1) is 25.3. The van der Waals surface area contributed by atoms with E-state index < -0.39 is 24.1 Å². The molecule has 6 rings (SSSR count). The molecule has 2 aromatic heterocycles. The lowest BCUT2D eigenvalue weighted by Gasteiger charge is -2.31. The maximum absolute atomic E-state index is 14.3. The monoisotopic (exact) mass is 550 g/mol. The fraction of sp³-hybridized carbons (Fsp3) is 0.0968. The smallest absolute Gasteiger partial charge is 0.355 e. The maximum Gasteiger partial charge on any atom is 0.355 e. The number of carbonyl (C=O) groups excluding carboxylic acids is 3. The molecular weight excluding hydrogens is 528 g/mol. The third-order valence-corrected chi connectivity index (χ3v) is 7.75. The van der Waals surface area contributed by atoms with Crippen LogP contribution in [0.5, 0.6) is 5.06 Å². The normalized spacial score (nSPS) is 14.8. The van der Waals surface area contributed by atoms with E-state index in [4.69, 9.17) is 14.2 Å². The summed E-state index contributed by atoms with van der Waals surface area (Å²) in [5, 5.41) is 2.59. The number of hydrogen-bond acceptors (Lipinski definition) is 8. The molecule has 0 bridgehead atoms. The van der Waals surface area contributed by atoms with Crippen LogP contribution in [0.1, 0.15) is 27.8 Å². The molecule has 1 amide bonds. The van der Waals surface area contributed by atoms with E-state index in [-0.39, 0.29) is 16.8 Å². The third-order valence-electron chi connectivity index (χ3n) is 6.69. The Hall–Kier alpha value is -5.02. The molecule has 1 unspecified atom stereocenters. The standard InChI is InChI=1S/C31H22N2O6S/c1-37-29(35)24-23-21-14-8-9-15-22(21)40-31(23)39-28(25-20-13-7-6-10-18(20)16-17-32-25)33(26(24)30(36)38-2)27(34)19-11-4-3-5-12-19/h3-17,28H,1-2H3. The minimum atomic E-state index is -1.23. The van der Waals surface area contributed by atoms with Crippen LogP contribution in [0.4, 0.5) is 0 Å². The predicted octanol–water partition coefficient (Wildman–Crippen LogP) is 5.74. The number of nitrogens with zero attached hydrogens (tertiary/aromatic N) is 2. The lowest BCUT2D eigenvalue weighted by atomic mass is 10.0. The molecule has 3 heterocycles. The van der Waals surface area contributed by atoms with Crippen LogP contribution < -0.4 is 4.74 Å². The summed E-state index contributed by atoms with van der Waals surface area (Å²) in [6, 6.07) is 25.2. The van der Waals surface area contributed by atoms with Gasteiger partial charge in [-0.25, -0.2) is 9.59 Å². The Morgan fingerprint density at radius 3 is 2.25 bits per heavy atom. The Kier molecular flexibility index (Phi) is 6.49. The van der Waals surface area contributed by atoms with Crippen LogP contribution in [0.25, 0.3) is 26.4 Å². The van der Waals surface area contributed by atoms with Crippen molar-refractivity contribution in [1.29, 1.82) is 0 Å². The van der Waals surface area contributed by atoms with E-state index in [0.717, 1.165) is 15.0 Å². The van der Waals surface area contributed by atoms with E-state index in [1.54, 1.807) is 36.5 Å². The van der Waals surface area contributed by atoms with Gasteiger partial charge in [-0.05, 0) is 29.7 Å². The van der Waals surface area contributed by atoms with Gasteiger partial charge >= 0.3 is 11.9 Å². The Morgan fingerprint density at radius 1 is 0.825 bits per heavy atom. The van der Waals surface area contributed by atoms with E-state index in [1.165, 1.54) is 25.6 Å². The van der Waals surface area contributed by atoms with Crippen LogP contribution in [0.3, 0.4) is 0 Å². The predicted molar refractivity (Wildman–Crippen MR) is 151 cm³/mol. The Balaban J connectivity index is 1.75. The van der Waals surface area contributed by atoms with Crippen LogP contribution in [0, 0.1) is 0 Å². The van der Waals surface area contributed by atoms with Gasteiger partial charge in [0, 0.05) is 27.2 Å². The lowest BCUT2D eigenvalue weighted by Crippen LogP contribution is -2.40. The largest absolute Gasteiger partial charge is 0.465 e. The highest BCUT2D eigenvalue weighted by Gasteiger charge is 2.44. The van der Waals surface area contributed by atoms with Gasteiger partial charge < -0.3 is 14.2 Å². The number of hydrogen-bond donors (Lipinski definition) is 0. The molecule has 40 heavy (non-hydrogen) atoms. The van der Waals surface area contributed by atoms with Crippen LogP contribution in [-0.2, 0) is 19.1 Å². The van der Waals surface area contributed by atoms with Crippen molar-refractivity contribution in [3.8, 4) is 5.06 Å². The quantitative estimate of drug-likeness (QED) is 0.263. The number of thiophene rings is 1. The highest BCUT2D eigenvalue weighted by Crippen LogP contribution is 2.49. The van der Waals surface area contributed by atoms with Crippen LogP contribution in [0.15, 0.2) is 96.8 Å². The van der Waals surface area contributed by atoms with Crippen molar-refractivity contribution in [3.63, 3.8) is 0 Å². The van der Waals surface area contributed by atoms with E-state index in [1.807, 2.05) is 54.6 Å². The summed E-state index contributed by atoms with van der Waals surface area (Å²) in [6.07, 6.45) is 0.382. The van der Waals surface area contributed by atoms with Crippen molar-refractivity contribution >= 4 is 55.6 Å². The summed E-state index contributed by atoms with van der Waals surface area (Å²) in [5.74, 6) is -2.30. The van der Waals surface area contributed by atoms with Gasteiger partial charge in [0.1, 0.15) is 17.0 Å². The molecule has 0 fully saturated rings. The maximum atomic E-state index is 14.3. The van der Waals surface area contributed by atoms with Crippen molar-refractivity contribution in [2.75, 3.05) is 14.2 Å². The minimum absolute atomic E-state index is 0.131. The first-order valence-corrected chi connectivity index (χ1v) is 13.2. The molecule has 0 aliphatic carbocycles. The second-order valence-corrected chi connectivity index (χ2v) is 9.91. The van der Waals surface area contributed by atoms with Crippen molar-refractivity contribution < 1.29 is 28.6 Å². The zero-order valence-corrected chi connectivity index (χ0v) is 22.3. The average Bonchev–Trinajstić information content (AvgIpc) is 3.29. The molecule has 1 atom stereocenters. The van der Waals surface area contributed by atoms with Gasteiger partial charge in [-0.3, -0.25) is 14.7 Å². The molecular formula is C31H22N2O6S. The number of benzene rings is 3. The molecule has 0 spiro atoms. The van der Waals surface area contributed by atoms with E-state index in [0.29, 0.717) is 27.1 Å². The number of esters is 2. The summed E-state index contributed by atoms with van der Waals surface area (Å²) in [5.41, 5.74) is 0.580. The number of fused-ring (bicyclic) bond motifs is 4. The number of carbonyl (C=O) groups is 3. The number of rotatable bonds is 4. The fourth-order valence-electron chi connectivity index (χ4n) is 4.90. The fourth-order valence-corrected chi connectivity index (χ4v) is 5.98. The molecule has 8 nitrogen and oxygen atoms in total. The molecule has 198 valence electrons. The summed E-state index contributed by atoms with van der Waals surface area (Å²) in [7, 11) is 2.41. The summed E-state index contributed by atoms with van der Waals surface area (Å²) in [4.78, 5) is 47.3. The van der Waals surface area contributed by atoms with Crippen LogP contribution in [-0.4, -0.2) is 41.9 Å². The number of pyridine rings is 1. The van der Waals surface area contributed by atoms with Gasteiger partial charge in [0.2, 0.25) is 6.23 Å². The zero-order valence-electron chi connectivity index (χ0n) is 21.5. The average molecular weight is 551 g/mol. The van der Waals surface area contributed by atoms with Gasteiger partial charge in [0.25, 0.3) is 5.91 Å².